The van der Waals surface area contributed by atoms with Crippen LogP contribution in [0.1, 0.15) is 40.5 Å². The summed E-state index contributed by atoms with van der Waals surface area (Å²) in [5, 5.41) is 11.2. The van der Waals surface area contributed by atoms with E-state index < -0.39 is 23.5 Å². The quantitative estimate of drug-likeness (QED) is 0.227. The first-order valence-corrected chi connectivity index (χ1v) is 12.1. The highest BCUT2D eigenvalue weighted by atomic mass is 19.0. The highest BCUT2D eigenvalue weighted by molar-refractivity contribution is 5.86. The molecule has 39 heavy (non-hydrogen) atoms. The molecule has 1 aliphatic rings. The Labute approximate surface area is 229 Å². The Balaban J connectivity index is 0.00000183. The predicted molar refractivity (Wildman–Crippen MR) is 147 cm³/mol. The van der Waals surface area contributed by atoms with E-state index in [1.165, 1.54) is 0 Å². The predicted octanol–water partition coefficient (Wildman–Crippen LogP) is 4.99. The van der Waals surface area contributed by atoms with E-state index in [9.17, 15) is 9.59 Å². The molecule has 0 bridgehead atoms. The molecule has 2 heterocycles. The van der Waals surface area contributed by atoms with E-state index in [4.69, 9.17) is 34.8 Å². The Kier molecular flexibility index (Phi) is 10.2. The van der Waals surface area contributed by atoms with Crippen molar-refractivity contribution < 1.29 is 33.6 Å². The standard InChI is InChI=1S/C28H31N3O6.CH4.FH/c1-28(2,27(34)31-25(29)26(32)33)12-6-7-13-35-24-16-20(14-21(30-24)18-8-4-3-5-9-18)19-10-11-22-23(15-19)37-17-36-22;;/h3-5,8-11,14-16,25H,6-7,12-13,17,29H2,1-2H3,(H,31,34)(H,32,33);1H4;1H/t25-;;/m1../s1/i/hT. The summed E-state index contributed by atoms with van der Waals surface area (Å²) in [6, 6.07) is 19.6. The molecule has 0 aliphatic carbocycles. The number of hydrogen-bond acceptors (Lipinski definition) is 7. The van der Waals surface area contributed by atoms with Crippen molar-refractivity contribution in [3.05, 3.63) is 60.7 Å². The second kappa shape index (κ2) is 13.6. The molecule has 10 heteroatoms. The van der Waals surface area contributed by atoms with Crippen LogP contribution in [0.15, 0.2) is 60.7 Å². The number of rotatable bonds is 11. The van der Waals surface area contributed by atoms with Crippen molar-refractivity contribution in [1.82, 2.24) is 10.3 Å². The topological polar surface area (TPSA) is 133 Å². The molecule has 1 atom stereocenters. The van der Waals surface area contributed by atoms with E-state index in [-0.39, 0.29) is 14.2 Å². The summed E-state index contributed by atoms with van der Waals surface area (Å²) in [4.78, 5) is 28.0. The fourth-order valence-electron chi connectivity index (χ4n) is 3.94. The lowest BCUT2D eigenvalue weighted by Crippen LogP contribution is -2.51. The van der Waals surface area contributed by atoms with Gasteiger partial charge in [0, 0.05) is 17.0 Å². The molecule has 0 saturated heterocycles. The number of fused-ring (bicyclic) bond motifs is 1. The van der Waals surface area contributed by atoms with E-state index in [1.54, 1.807) is 13.8 Å². The van der Waals surface area contributed by atoms with Gasteiger partial charge in [-0.2, -0.15) is 0 Å². The molecule has 0 fully saturated rings. The van der Waals surface area contributed by atoms with Crippen LogP contribution in [-0.2, 0) is 9.59 Å². The van der Waals surface area contributed by atoms with Crippen LogP contribution in [0.3, 0.4) is 0 Å². The van der Waals surface area contributed by atoms with Crippen LogP contribution < -0.4 is 25.3 Å². The molecule has 0 unspecified atom stereocenters. The van der Waals surface area contributed by atoms with Crippen LogP contribution in [0, 0.1) is 5.41 Å². The zero-order valence-electron chi connectivity index (χ0n) is 22.3. The molecule has 3 aromatic rings. The SMILES string of the molecule is C.CC(C)(CCCCOc1cc(-c2ccc3c(c2)OCO3)cc(-c2ccccc2)n1)C(=O)N[C@@H](N)C(=O)O.[3H]F. The van der Waals surface area contributed by atoms with Crippen molar-refractivity contribution in [3.8, 4) is 39.8 Å². The number of pyridine rings is 1. The average molecular weight is 544 g/mol. The van der Waals surface area contributed by atoms with Crippen molar-refractivity contribution >= 4 is 11.9 Å². The number of benzene rings is 2. The largest absolute Gasteiger partial charge is 0.479 e. The van der Waals surface area contributed by atoms with Gasteiger partial charge in [0.1, 0.15) is 0 Å². The number of carbonyl (C=O) groups excluding carboxylic acids is 1. The maximum atomic E-state index is 12.4. The van der Waals surface area contributed by atoms with Gasteiger partial charge >= 0.3 is 5.97 Å². The van der Waals surface area contributed by atoms with E-state index in [2.05, 4.69) is 6.77 Å². The number of halogens is 1. The van der Waals surface area contributed by atoms with Crippen LogP contribution in [-0.4, -0.2) is 43.0 Å². The number of carboxylic acids is 1. The summed E-state index contributed by atoms with van der Waals surface area (Å²) in [6.07, 6.45) is 0.528. The van der Waals surface area contributed by atoms with Crippen molar-refractivity contribution in [1.29, 1.82) is 1.45 Å². The molecule has 2 aromatic carbocycles. The Morgan fingerprint density at radius 3 is 2.51 bits per heavy atom. The second-order valence-electron chi connectivity index (χ2n) is 9.49. The normalized spacial score (nSPS) is 12.7. The van der Waals surface area contributed by atoms with E-state index in [0.717, 1.165) is 28.1 Å². The lowest BCUT2D eigenvalue weighted by molar-refractivity contribution is -0.143. The smallest absolute Gasteiger partial charge is 0.341 e. The molecule has 0 radical (unpaired) electrons. The summed E-state index contributed by atoms with van der Waals surface area (Å²) < 4.78 is 30.0. The first kappa shape index (κ1) is 29.4. The van der Waals surface area contributed by atoms with Crippen LogP contribution in [0.5, 0.6) is 17.4 Å². The fourth-order valence-corrected chi connectivity index (χ4v) is 3.94. The van der Waals surface area contributed by atoms with Crippen molar-refractivity contribution in [2.45, 2.75) is 46.7 Å². The number of carbonyl (C=O) groups is 2. The van der Waals surface area contributed by atoms with Crippen LogP contribution >= 0.6 is 0 Å². The molecule has 1 aromatic heterocycles. The van der Waals surface area contributed by atoms with Gasteiger partial charge in [0.15, 0.2) is 17.7 Å². The van der Waals surface area contributed by atoms with E-state index in [1.807, 2.05) is 60.7 Å². The number of nitrogens with zero attached hydrogens (tertiary/aromatic N) is 1. The minimum atomic E-state index is -1.42. The molecule has 9 nitrogen and oxygen atoms in total. The number of ether oxygens (including phenoxy) is 3. The first-order valence-electron chi connectivity index (χ1n) is 12.5. The third-order valence-corrected chi connectivity index (χ3v) is 6.19. The van der Waals surface area contributed by atoms with Crippen molar-refractivity contribution in [2.75, 3.05) is 13.4 Å². The molecule has 4 rings (SSSR count). The molecule has 1 aliphatic heterocycles. The van der Waals surface area contributed by atoms with Gasteiger partial charge < -0.3 is 30.4 Å². The molecule has 4 N–H and O–H groups in total. The monoisotopic (exact) mass is 543 g/mol. The summed E-state index contributed by atoms with van der Waals surface area (Å²) >= 11 is 0. The van der Waals surface area contributed by atoms with Gasteiger partial charge in [-0.25, -0.2) is 9.78 Å². The lowest BCUT2D eigenvalue weighted by Gasteiger charge is -2.24. The summed E-state index contributed by atoms with van der Waals surface area (Å²) in [5.74, 6) is 0.253. The Bertz CT molecular complexity index is 1280. The van der Waals surface area contributed by atoms with Gasteiger partial charge in [-0.15, -0.1) is 0 Å². The molecule has 210 valence electrons. The highest BCUT2D eigenvalue weighted by Gasteiger charge is 2.29. The van der Waals surface area contributed by atoms with Gasteiger partial charge in [0.25, 0.3) is 1.45 Å². The number of carboxylic acid groups (broad SMARTS) is 1. The lowest BCUT2D eigenvalue weighted by atomic mass is 9.86. The van der Waals surface area contributed by atoms with Gasteiger partial charge in [-0.1, -0.05) is 57.7 Å². The Morgan fingerprint density at radius 1 is 1.08 bits per heavy atom. The van der Waals surface area contributed by atoms with Crippen molar-refractivity contribution in [3.63, 3.8) is 0 Å². The molecular formula is C29H36FN3O6. The third-order valence-electron chi connectivity index (χ3n) is 6.19. The number of aromatic nitrogens is 1. The molecular weight excluding hydrogens is 505 g/mol. The van der Waals surface area contributed by atoms with Gasteiger partial charge in [0.05, 0.1) is 12.3 Å². The average Bonchev–Trinajstić information content (AvgIpc) is 3.42. The zero-order valence-corrected chi connectivity index (χ0v) is 21.3. The van der Waals surface area contributed by atoms with Gasteiger partial charge in [0.2, 0.25) is 18.6 Å². The minimum Gasteiger partial charge on any atom is -0.479 e. The first-order chi connectivity index (χ1) is 18.7. The summed E-state index contributed by atoms with van der Waals surface area (Å²) in [5.41, 5.74) is 8.32. The second-order valence-corrected chi connectivity index (χ2v) is 9.49. The van der Waals surface area contributed by atoms with E-state index >= 15 is 0 Å². The Morgan fingerprint density at radius 2 is 1.79 bits per heavy atom. The molecule has 0 saturated carbocycles. The fraction of sp³-hybridized carbons (Fsp3) is 0.345. The number of nitrogens with one attached hydrogen (secondary N) is 1. The summed E-state index contributed by atoms with van der Waals surface area (Å²) in [6.45, 7) is 4.16. The number of hydrogen-bond donors (Lipinski definition) is 3. The minimum absolute atomic E-state index is 0. The number of nitrogens with two attached hydrogens (primary N) is 1. The Hall–Kier alpha value is -4.18. The zero-order chi connectivity index (χ0) is 28.4. The molecule has 0 spiro atoms. The van der Waals surface area contributed by atoms with Crippen LogP contribution in [0.4, 0.5) is 4.72 Å². The van der Waals surface area contributed by atoms with Crippen LogP contribution in [0.2, 0.25) is 0 Å². The van der Waals surface area contributed by atoms with Crippen molar-refractivity contribution in [2.24, 2.45) is 11.1 Å². The maximum absolute atomic E-state index is 12.4. The highest BCUT2D eigenvalue weighted by Crippen LogP contribution is 2.37. The number of amides is 1. The number of aliphatic carboxylic acids is 1. The maximum Gasteiger partial charge on any atom is 0.341 e. The van der Waals surface area contributed by atoms with E-state index in [0.29, 0.717) is 37.5 Å². The molecule has 1 amide bonds. The van der Waals surface area contributed by atoms with Gasteiger partial charge in [-0.3, -0.25) is 9.51 Å². The third kappa shape index (κ3) is 7.90. The number of unbranched alkanes of at least 4 members (excludes halogenated alkanes) is 1. The summed E-state index contributed by atoms with van der Waals surface area (Å²) in [7, 11) is 0. The van der Waals surface area contributed by atoms with Crippen LogP contribution in [0.25, 0.3) is 22.4 Å². The van der Waals surface area contributed by atoms with Gasteiger partial charge in [-0.05, 0) is 48.6 Å².